The molecule has 0 aromatic heterocycles. The Balaban J connectivity index is 2.02. The number of carbonyl (C=O) groups excluding carboxylic acids is 1. The van der Waals surface area contributed by atoms with Crippen molar-refractivity contribution in [3.05, 3.63) is 29.8 Å². The SMILES string of the molecule is CC(CN)(NC(=O)Cc1ccccc1OC(F)F)C1CC1. The van der Waals surface area contributed by atoms with Crippen molar-refractivity contribution in [2.45, 2.75) is 38.3 Å². The second-order valence-electron chi connectivity index (χ2n) is 5.61. The average Bonchev–Trinajstić information content (AvgIpc) is 3.25. The molecule has 4 nitrogen and oxygen atoms in total. The first-order valence-corrected chi connectivity index (χ1v) is 6.98. The van der Waals surface area contributed by atoms with E-state index in [-0.39, 0.29) is 18.1 Å². The number of ether oxygens (including phenoxy) is 1. The van der Waals surface area contributed by atoms with E-state index in [1.807, 2.05) is 6.92 Å². The molecule has 1 saturated carbocycles. The van der Waals surface area contributed by atoms with Crippen LogP contribution < -0.4 is 15.8 Å². The van der Waals surface area contributed by atoms with Crippen molar-refractivity contribution in [3.63, 3.8) is 0 Å². The number of nitrogens with one attached hydrogen (secondary N) is 1. The van der Waals surface area contributed by atoms with Crippen molar-refractivity contribution >= 4 is 5.91 Å². The van der Waals surface area contributed by atoms with Gasteiger partial charge in [0.05, 0.1) is 12.0 Å². The summed E-state index contributed by atoms with van der Waals surface area (Å²) in [5, 5.41) is 2.93. The molecule has 1 aromatic rings. The summed E-state index contributed by atoms with van der Waals surface area (Å²) in [5.74, 6) is 0.197. The predicted octanol–water partition coefficient (Wildman–Crippen LogP) is 2.07. The summed E-state index contributed by atoms with van der Waals surface area (Å²) in [6, 6.07) is 6.31. The molecule has 1 unspecified atom stereocenters. The van der Waals surface area contributed by atoms with Gasteiger partial charge in [0.2, 0.25) is 5.91 Å². The number of halogens is 2. The maximum Gasteiger partial charge on any atom is 0.387 e. The fraction of sp³-hybridized carbons (Fsp3) is 0.533. The van der Waals surface area contributed by atoms with Crippen molar-refractivity contribution in [3.8, 4) is 5.75 Å². The van der Waals surface area contributed by atoms with Crippen LogP contribution in [0.1, 0.15) is 25.3 Å². The molecular formula is C15H20F2N2O2. The van der Waals surface area contributed by atoms with E-state index < -0.39 is 12.2 Å². The lowest BCUT2D eigenvalue weighted by molar-refractivity contribution is -0.122. The van der Waals surface area contributed by atoms with Gasteiger partial charge >= 0.3 is 6.61 Å². The Morgan fingerprint density at radius 1 is 1.48 bits per heavy atom. The monoisotopic (exact) mass is 298 g/mol. The maximum atomic E-state index is 12.3. The third-order valence-corrected chi connectivity index (χ3v) is 3.87. The largest absolute Gasteiger partial charge is 0.435 e. The van der Waals surface area contributed by atoms with E-state index in [9.17, 15) is 13.6 Å². The van der Waals surface area contributed by atoms with Gasteiger partial charge in [0.15, 0.2) is 0 Å². The van der Waals surface area contributed by atoms with Crippen molar-refractivity contribution in [2.75, 3.05) is 6.54 Å². The van der Waals surface area contributed by atoms with Crippen LogP contribution in [0.5, 0.6) is 5.75 Å². The molecule has 21 heavy (non-hydrogen) atoms. The number of hydrogen-bond acceptors (Lipinski definition) is 3. The maximum absolute atomic E-state index is 12.3. The Bertz CT molecular complexity index is 506. The summed E-state index contributed by atoms with van der Waals surface area (Å²) in [6.45, 7) is -0.627. The first-order chi connectivity index (χ1) is 9.94. The smallest absolute Gasteiger partial charge is 0.387 e. The topological polar surface area (TPSA) is 64.3 Å². The lowest BCUT2D eigenvalue weighted by atomic mass is 9.95. The molecule has 0 bridgehead atoms. The predicted molar refractivity (Wildman–Crippen MR) is 75.1 cm³/mol. The van der Waals surface area contributed by atoms with Crippen LogP contribution in [0.2, 0.25) is 0 Å². The highest BCUT2D eigenvalue weighted by atomic mass is 19.3. The van der Waals surface area contributed by atoms with E-state index >= 15 is 0 Å². The van der Waals surface area contributed by atoms with E-state index in [4.69, 9.17) is 5.73 Å². The van der Waals surface area contributed by atoms with Crippen LogP contribution in [0.4, 0.5) is 8.78 Å². The van der Waals surface area contributed by atoms with Crippen LogP contribution in [-0.4, -0.2) is 24.6 Å². The first-order valence-electron chi connectivity index (χ1n) is 6.98. The van der Waals surface area contributed by atoms with Gasteiger partial charge in [-0.15, -0.1) is 0 Å². The van der Waals surface area contributed by atoms with Crippen molar-refractivity contribution in [2.24, 2.45) is 11.7 Å². The van der Waals surface area contributed by atoms with Crippen LogP contribution >= 0.6 is 0 Å². The second-order valence-corrected chi connectivity index (χ2v) is 5.61. The molecule has 0 radical (unpaired) electrons. The van der Waals surface area contributed by atoms with Crippen LogP contribution in [0.15, 0.2) is 24.3 Å². The summed E-state index contributed by atoms with van der Waals surface area (Å²) < 4.78 is 29.1. The molecule has 1 atom stereocenters. The van der Waals surface area contributed by atoms with E-state index in [0.717, 1.165) is 12.8 Å². The lowest BCUT2D eigenvalue weighted by Crippen LogP contribution is -2.53. The van der Waals surface area contributed by atoms with Gasteiger partial charge in [0.25, 0.3) is 0 Å². The number of nitrogens with two attached hydrogens (primary N) is 1. The van der Waals surface area contributed by atoms with Gasteiger partial charge in [-0.2, -0.15) is 8.78 Å². The zero-order chi connectivity index (χ0) is 15.5. The Labute approximate surface area is 122 Å². The van der Waals surface area contributed by atoms with Gasteiger partial charge < -0.3 is 15.8 Å². The molecule has 6 heteroatoms. The number of para-hydroxylation sites is 1. The van der Waals surface area contributed by atoms with E-state index in [1.54, 1.807) is 18.2 Å². The first kappa shape index (κ1) is 15.7. The van der Waals surface area contributed by atoms with Crippen molar-refractivity contribution in [1.29, 1.82) is 0 Å². The summed E-state index contributed by atoms with van der Waals surface area (Å²) in [5.41, 5.74) is 5.76. The Morgan fingerprint density at radius 2 is 2.14 bits per heavy atom. The number of carbonyl (C=O) groups is 1. The number of benzene rings is 1. The Kier molecular flexibility index (Phi) is 4.77. The molecule has 0 heterocycles. The normalized spacial score (nSPS) is 17.4. The minimum atomic E-state index is -2.91. The van der Waals surface area contributed by atoms with Gasteiger partial charge in [-0.1, -0.05) is 18.2 Å². The van der Waals surface area contributed by atoms with E-state index in [1.165, 1.54) is 6.07 Å². The van der Waals surface area contributed by atoms with Crippen molar-refractivity contribution < 1.29 is 18.3 Å². The summed E-state index contributed by atoms with van der Waals surface area (Å²) >= 11 is 0. The molecule has 0 aliphatic heterocycles. The van der Waals surface area contributed by atoms with Gasteiger partial charge in [0, 0.05) is 12.1 Å². The molecule has 2 rings (SSSR count). The number of alkyl halides is 2. The molecule has 1 aromatic carbocycles. The quantitative estimate of drug-likeness (QED) is 0.810. The van der Waals surface area contributed by atoms with Gasteiger partial charge in [0.1, 0.15) is 5.75 Å². The molecule has 116 valence electrons. The minimum Gasteiger partial charge on any atom is -0.435 e. The summed E-state index contributed by atoms with van der Waals surface area (Å²) in [4.78, 5) is 12.1. The highest BCUT2D eigenvalue weighted by Gasteiger charge is 2.41. The zero-order valence-electron chi connectivity index (χ0n) is 11.9. The van der Waals surface area contributed by atoms with Crippen LogP contribution in [0.25, 0.3) is 0 Å². The fourth-order valence-corrected chi connectivity index (χ4v) is 2.44. The number of rotatable bonds is 7. The molecule has 3 N–H and O–H groups in total. The molecule has 0 spiro atoms. The van der Waals surface area contributed by atoms with E-state index in [0.29, 0.717) is 18.0 Å². The number of hydrogen-bond donors (Lipinski definition) is 2. The zero-order valence-corrected chi connectivity index (χ0v) is 11.9. The van der Waals surface area contributed by atoms with Gasteiger partial charge in [-0.25, -0.2) is 0 Å². The average molecular weight is 298 g/mol. The molecule has 1 aliphatic rings. The fourth-order valence-electron chi connectivity index (χ4n) is 2.44. The summed E-state index contributed by atoms with van der Waals surface area (Å²) in [7, 11) is 0. The molecule has 0 saturated heterocycles. The summed E-state index contributed by atoms with van der Waals surface area (Å²) in [6.07, 6.45) is 2.10. The van der Waals surface area contributed by atoms with Gasteiger partial charge in [-0.3, -0.25) is 4.79 Å². The van der Waals surface area contributed by atoms with Crippen LogP contribution in [0, 0.1) is 5.92 Å². The highest BCUT2D eigenvalue weighted by molar-refractivity contribution is 5.80. The molecule has 1 aliphatic carbocycles. The lowest BCUT2D eigenvalue weighted by Gasteiger charge is -2.29. The Morgan fingerprint density at radius 3 is 2.71 bits per heavy atom. The third kappa shape index (κ3) is 4.14. The third-order valence-electron chi connectivity index (χ3n) is 3.87. The standard InChI is InChI=1S/C15H20F2N2O2/c1-15(9-18,11-6-7-11)19-13(20)8-10-4-2-3-5-12(10)21-14(16)17/h2-5,11,14H,6-9,18H2,1H3,(H,19,20). The minimum absolute atomic E-state index is 0.00873. The van der Waals surface area contributed by atoms with Crippen molar-refractivity contribution in [1.82, 2.24) is 5.32 Å². The molecular weight excluding hydrogens is 278 g/mol. The Hall–Kier alpha value is -1.69. The van der Waals surface area contributed by atoms with Gasteiger partial charge in [-0.05, 0) is 31.7 Å². The highest BCUT2D eigenvalue weighted by Crippen LogP contribution is 2.39. The second kappa shape index (κ2) is 6.39. The molecule has 1 amide bonds. The van der Waals surface area contributed by atoms with Crippen LogP contribution in [0.3, 0.4) is 0 Å². The van der Waals surface area contributed by atoms with E-state index in [2.05, 4.69) is 10.1 Å². The molecule has 1 fully saturated rings. The van der Waals surface area contributed by atoms with Crippen LogP contribution in [-0.2, 0) is 11.2 Å². The number of amides is 1.